The molecule has 7 nitrogen and oxygen atoms in total. The maximum Gasteiger partial charge on any atom is 0.305 e. The molecule has 31 heavy (non-hydrogen) atoms. The number of likely N-dealkylation sites (tertiary alicyclic amines) is 1. The molecule has 0 spiro atoms. The molecule has 7 heteroatoms. The lowest BCUT2D eigenvalue weighted by molar-refractivity contribution is 0.0828. The zero-order chi connectivity index (χ0) is 21.5. The molecule has 0 atom stereocenters. The summed E-state index contributed by atoms with van der Waals surface area (Å²) >= 11 is 0. The van der Waals surface area contributed by atoms with Gasteiger partial charge >= 0.3 is 5.91 Å². The van der Waals surface area contributed by atoms with Gasteiger partial charge in [0.15, 0.2) is 5.76 Å². The van der Waals surface area contributed by atoms with Crippen LogP contribution in [0.5, 0.6) is 5.75 Å². The highest BCUT2D eigenvalue weighted by Gasteiger charge is 2.15. The number of rotatable bonds is 7. The van der Waals surface area contributed by atoms with Crippen LogP contribution in [0.1, 0.15) is 45.1 Å². The van der Waals surface area contributed by atoms with Gasteiger partial charge in [-0.3, -0.25) is 25.3 Å². The quantitative estimate of drug-likeness (QED) is 0.573. The first-order valence-corrected chi connectivity index (χ1v) is 10.4. The smallest absolute Gasteiger partial charge is 0.305 e. The summed E-state index contributed by atoms with van der Waals surface area (Å²) in [7, 11) is 0. The van der Waals surface area contributed by atoms with Crippen LogP contribution in [-0.4, -0.2) is 29.8 Å². The Morgan fingerprint density at radius 1 is 0.903 bits per heavy atom. The largest absolute Gasteiger partial charge is 0.486 e. The van der Waals surface area contributed by atoms with Gasteiger partial charge in [-0.1, -0.05) is 30.3 Å². The molecule has 0 radical (unpaired) electrons. The second kappa shape index (κ2) is 9.95. The van der Waals surface area contributed by atoms with Crippen LogP contribution in [0.4, 0.5) is 0 Å². The van der Waals surface area contributed by atoms with Crippen LogP contribution in [0, 0.1) is 0 Å². The number of benzene rings is 2. The van der Waals surface area contributed by atoms with E-state index < -0.39 is 5.91 Å². The predicted octanol–water partition coefficient (Wildman–Crippen LogP) is 3.53. The fourth-order valence-electron chi connectivity index (χ4n) is 3.51. The van der Waals surface area contributed by atoms with Crippen molar-refractivity contribution in [3.63, 3.8) is 0 Å². The minimum Gasteiger partial charge on any atom is -0.486 e. The van der Waals surface area contributed by atoms with Gasteiger partial charge in [-0.15, -0.1) is 0 Å². The van der Waals surface area contributed by atoms with Gasteiger partial charge in [0.05, 0.1) is 0 Å². The van der Waals surface area contributed by atoms with Crippen LogP contribution in [-0.2, 0) is 13.2 Å². The summed E-state index contributed by atoms with van der Waals surface area (Å²) in [5, 5.41) is 0. The Kier molecular flexibility index (Phi) is 6.64. The number of nitrogens with one attached hydrogen (secondary N) is 2. The molecular formula is C24H25N3O4. The molecule has 2 heterocycles. The van der Waals surface area contributed by atoms with Crippen molar-refractivity contribution in [2.45, 2.75) is 26.0 Å². The summed E-state index contributed by atoms with van der Waals surface area (Å²) in [5.41, 5.74) is 6.41. The average molecular weight is 419 g/mol. The first-order chi connectivity index (χ1) is 15.2. The number of para-hydroxylation sites is 1. The molecule has 1 fully saturated rings. The maximum absolute atomic E-state index is 12.4. The van der Waals surface area contributed by atoms with Crippen molar-refractivity contribution in [2.75, 3.05) is 13.1 Å². The monoisotopic (exact) mass is 419 g/mol. The summed E-state index contributed by atoms with van der Waals surface area (Å²) in [5.74, 6) is 0.400. The third kappa shape index (κ3) is 5.73. The molecule has 0 saturated carbocycles. The van der Waals surface area contributed by atoms with Crippen LogP contribution in [0.25, 0.3) is 0 Å². The predicted molar refractivity (Wildman–Crippen MR) is 115 cm³/mol. The lowest BCUT2D eigenvalue weighted by Gasteiger charge is -2.15. The van der Waals surface area contributed by atoms with Crippen molar-refractivity contribution in [1.82, 2.24) is 15.8 Å². The van der Waals surface area contributed by atoms with Crippen LogP contribution in [0.15, 0.2) is 71.1 Å². The second-order valence-corrected chi connectivity index (χ2v) is 7.46. The van der Waals surface area contributed by atoms with Crippen molar-refractivity contribution < 1.29 is 18.7 Å². The van der Waals surface area contributed by atoms with Gasteiger partial charge in [0.25, 0.3) is 5.91 Å². The number of ether oxygens (including phenoxy) is 1. The molecule has 0 bridgehead atoms. The summed E-state index contributed by atoms with van der Waals surface area (Å²) in [4.78, 5) is 27.1. The number of hydrazine groups is 1. The third-order valence-electron chi connectivity index (χ3n) is 5.09. The average Bonchev–Trinajstić information content (AvgIpc) is 3.49. The van der Waals surface area contributed by atoms with Crippen LogP contribution in [0.3, 0.4) is 0 Å². The Hall–Kier alpha value is -3.58. The summed E-state index contributed by atoms with van der Waals surface area (Å²) in [6.07, 6.45) is 2.44. The van der Waals surface area contributed by atoms with Crippen molar-refractivity contribution in [3.05, 3.63) is 89.4 Å². The van der Waals surface area contributed by atoms with Gasteiger partial charge in [-0.25, -0.2) is 0 Å². The fraction of sp³-hybridized carbons (Fsp3) is 0.250. The Morgan fingerprint density at radius 3 is 2.48 bits per heavy atom. The minimum atomic E-state index is -0.535. The third-order valence-corrected chi connectivity index (χ3v) is 5.09. The van der Waals surface area contributed by atoms with E-state index in [2.05, 4.69) is 15.8 Å². The van der Waals surface area contributed by atoms with E-state index in [1.54, 1.807) is 18.2 Å². The number of hydrogen-bond donors (Lipinski definition) is 2. The van der Waals surface area contributed by atoms with E-state index in [4.69, 9.17) is 9.15 Å². The standard InChI is InChI=1S/C24H25N3O4/c28-23(19-8-6-7-18(15-19)16-27-13-4-5-14-27)25-26-24(29)22-12-11-21(31-22)17-30-20-9-2-1-3-10-20/h1-3,6-12,15H,4-5,13-14,16-17H2,(H,25,28)(H,26,29). The van der Waals surface area contributed by atoms with E-state index in [0.29, 0.717) is 17.1 Å². The van der Waals surface area contributed by atoms with Crippen LogP contribution < -0.4 is 15.6 Å². The molecule has 0 unspecified atom stereocenters. The highest BCUT2D eigenvalue weighted by Crippen LogP contribution is 2.15. The second-order valence-electron chi connectivity index (χ2n) is 7.46. The first-order valence-electron chi connectivity index (χ1n) is 10.4. The molecule has 1 aromatic heterocycles. The molecule has 4 rings (SSSR count). The van der Waals surface area contributed by atoms with Gasteiger partial charge in [-0.2, -0.15) is 0 Å². The SMILES string of the molecule is O=C(NNC(=O)c1ccc(COc2ccccc2)o1)c1cccc(CN2CCCC2)c1. The van der Waals surface area contributed by atoms with E-state index in [1.807, 2.05) is 48.5 Å². The van der Waals surface area contributed by atoms with E-state index in [-0.39, 0.29) is 18.3 Å². The lowest BCUT2D eigenvalue weighted by atomic mass is 10.1. The maximum atomic E-state index is 12.4. The number of nitrogens with zero attached hydrogens (tertiary/aromatic N) is 1. The number of furan rings is 1. The van der Waals surface area contributed by atoms with Crippen LogP contribution >= 0.6 is 0 Å². The first kappa shape index (κ1) is 20.7. The Balaban J connectivity index is 1.27. The normalized spacial score (nSPS) is 13.7. The fourth-order valence-corrected chi connectivity index (χ4v) is 3.51. The summed E-state index contributed by atoms with van der Waals surface area (Å²) in [6.45, 7) is 3.21. The molecular weight excluding hydrogens is 394 g/mol. The van der Waals surface area contributed by atoms with Crippen molar-refractivity contribution in [1.29, 1.82) is 0 Å². The van der Waals surface area contributed by atoms with E-state index in [1.165, 1.54) is 12.8 Å². The highest BCUT2D eigenvalue weighted by atomic mass is 16.5. The molecule has 0 aliphatic carbocycles. The lowest BCUT2D eigenvalue weighted by Crippen LogP contribution is -2.41. The number of hydrogen-bond acceptors (Lipinski definition) is 5. The Labute approximate surface area is 181 Å². The van der Waals surface area contributed by atoms with Gasteiger partial charge in [0.1, 0.15) is 18.1 Å². The van der Waals surface area contributed by atoms with Gasteiger partial charge < -0.3 is 9.15 Å². The van der Waals surface area contributed by atoms with Crippen molar-refractivity contribution >= 4 is 11.8 Å². The minimum absolute atomic E-state index is 0.0924. The van der Waals surface area contributed by atoms with E-state index in [9.17, 15) is 9.59 Å². The van der Waals surface area contributed by atoms with Gasteiger partial charge in [-0.05, 0) is 67.9 Å². The summed E-state index contributed by atoms with van der Waals surface area (Å²) < 4.78 is 11.1. The number of carbonyl (C=O) groups excluding carboxylic acids is 2. The van der Waals surface area contributed by atoms with E-state index >= 15 is 0 Å². The Morgan fingerprint density at radius 2 is 1.68 bits per heavy atom. The van der Waals surface area contributed by atoms with Crippen molar-refractivity contribution in [2.24, 2.45) is 0 Å². The van der Waals surface area contributed by atoms with Crippen molar-refractivity contribution in [3.8, 4) is 5.75 Å². The molecule has 1 saturated heterocycles. The topological polar surface area (TPSA) is 83.8 Å². The van der Waals surface area contributed by atoms with Gasteiger partial charge in [0.2, 0.25) is 0 Å². The molecule has 160 valence electrons. The number of carbonyl (C=O) groups is 2. The molecule has 2 amide bonds. The molecule has 1 aliphatic heterocycles. The zero-order valence-electron chi connectivity index (χ0n) is 17.2. The number of amides is 2. The molecule has 2 aromatic carbocycles. The van der Waals surface area contributed by atoms with E-state index in [0.717, 1.165) is 25.2 Å². The highest BCUT2D eigenvalue weighted by molar-refractivity contribution is 5.98. The van der Waals surface area contributed by atoms with Crippen LogP contribution in [0.2, 0.25) is 0 Å². The molecule has 1 aliphatic rings. The Bertz CT molecular complexity index is 1030. The summed E-state index contributed by atoms with van der Waals surface area (Å²) in [6, 6.07) is 20.0. The zero-order valence-corrected chi connectivity index (χ0v) is 17.2. The van der Waals surface area contributed by atoms with Gasteiger partial charge in [0, 0.05) is 12.1 Å². The molecule has 2 N–H and O–H groups in total. The molecule has 3 aromatic rings.